The predicted molar refractivity (Wildman–Crippen MR) is 86.3 cm³/mol. The molecule has 1 amide bonds. The van der Waals surface area contributed by atoms with E-state index >= 15 is 0 Å². The average molecular weight is 326 g/mol. The molecule has 1 saturated carbocycles. The van der Waals surface area contributed by atoms with Crippen LogP contribution in [0.25, 0.3) is 0 Å². The fourth-order valence-electron chi connectivity index (χ4n) is 3.71. The van der Waals surface area contributed by atoms with E-state index in [1.165, 1.54) is 0 Å². The summed E-state index contributed by atoms with van der Waals surface area (Å²) in [5, 5.41) is 21.3. The molecule has 6 nitrogen and oxygen atoms in total. The van der Waals surface area contributed by atoms with Gasteiger partial charge in [-0.15, -0.1) is 0 Å². The number of amides is 1. The Labute approximate surface area is 139 Å². The first-order valence-electron chi connectivity index (χ1n) is 7.94. The largest absolute Gasteiger partial charge is 0.492 e. The standard InChI is InChI=1S/C18H18N2O4/c1-2-24-14-6-3-10(9-19)7-13(14)20-17(21)15-11-4-5-12(8-11)16(15)18(22)23/h3-7,11-12,15-16H,2,8H2,1H3,(H,20,21)(H,22,23)/t11-,12-,15+,16-/m0/s1. The number of hydrogen-bond donors (Lipinski definition) is 2. The minimum atomic E-state index is -0.942. The number of rotatable bonds is 5. The third-order valence-electron chi connectivity index (χ3n) is 4.71. The Morgan fingerprint density at radius 2 is 2.04 bits per heavy atom. The lowest BCUT2D eigenvalue weighted by Gasteiger charge is -2.24. The molecule has 0 radical (unpaired) electrons. The van der Waals surface area contributed by atoms with Gasteiger partial charge in [0.05, 0.1) is 35.8 Å². The minimum absolute atomic E-state index is 0.0502. The lowest BCUT2D eigenvalue weighted by molar-refractivity contribution is -0.146. The van der Waals surface area contributed by atoms with Gasteiger partial charge in [0.2, 0.25) is 5.91 Å². The summed E-state index contributed by atoms with van der Waals surface area (Å²) in [6, 6.07) is 6.81. The fourth-order valence-corrected chi connectivity index (χ4v) is 3.71. The summed E-state index contributed by atoms with van der Waals surface area (Å²) in [4.78, 5) is 24.3. The summed E-state index contributed by atoms with van der Waals surface area (Å²) in [7, 11) is 0. The highest BCUT2D eigenvalue weighted by Crippen LogP contribution is 2.48. The van der Waals surface area contributed by atoms with E-state index in [0.29, 0.717) is 30.0 Å². The van der Waals surface area contributed by atoms with Crippen LogP contribution in [0.4, 0.5) is 5.69 Å². The van der Waals surface area contributed by atoms with Crippen LogP contribution in [0.3, 0.4) is 0 Å². The number of benzene rings is 1. The van der Waals surface area contributed by atoms with Crippen LogP contribution >= 0.6 is 0 Å². The molecule has 6 heteroatoms. The van der Waals surface area contributed by atoms with Crippen molar-refractivity contribution in [2.24, 2.45) is 23.7 Å². The quantitative estimate of drug-likeness (QED) is 0.810. The van der Waals surface area contributed by atoms with Gasteiger partial charge in [-0.1, -0.05) is 12.2 Å². The highest BCUT2D eigenvalue weighted by atomic mass is 16.5. The molecule has 0 heterocycles. The van der Waals surface area contributed by atoms with Gasteiger partial charge in [0, 0.05) is 0 Å². The van der Waals surface area contributed by atoms with Crippen molar-refractivity contribution in [1.29, 1.82) is 5.26 Å². The third kappa shape index (κ3) is 2.73. The Hall–Kier alpha value is -2.81. The lowest BCUT2D eigenvalue weighted by Crippen LogP contribution is -2.36. The molecular weight excluding hydrogens is 308 g/mol. The number of carboxylic acids is 1. The van der Waals surface area contributed by atoms with E-state index in [-0.39, 0.29) is 17.7 Å². The van der Waals surface area contributed by atoms with Gasteiger partial charge in [0.25, 0.3) is 0 Å². The van der Waals surface area contributed by atoms with Crippen LogP contribution in [-0.4, -0.2) is 23.6 Å². The average Bonchev–Trinajstić information content (AvgIpc) is 3.17. The van der Waals surface area contributed by atoms with Crippen molar-refractivity contribution in [3.05, 3.63) is 35.9 Å². The van der Waals surface area contributed by atoms with Gasteiger partial charge in [-0.3, -0.25) is 9.59 Å². The number of carboxylic acid groups (broad SMARTS) is 1. The molecular formula is C18H18N2O4. The van der Waals surface area contributed by atoms with Crippen molar-refractivity contribution >= 4 is 17.6 Å². The smallest absolute Gasteiger partial charge is 0.307 e. The van der Waals surface area contributed by atoms with E-state index in [1.54, 1.807) is 18.2 Å². The van der Waals surface area contributed by atoms with E-state index in [2.05, 4.69) is 5.32 Å². The number of hydrogen-bond acceptors (Lipinski definition) is 4. The van der Waals surface area contributed by atoms with E-state index < -0.39 is 17.8 Å². The number of nitrogens with one attached hydrogen (secondary N) is 1. The molecule has 0 unspecified atom stereocenters. The third-order valence-corrected chi connectivity index (χ3v) is 4.71. The Morgan fingerprint density at radius 3 is 2.67 bits per heavy atom. The van der Waals surface area contributed by atoms with E-state index in [4.69, 9.17) is 10.00 Å². The van der Waals surface area contributed by atoms with Crippen molar-refractivity contribution < 1.29 is 19.4 Å². The molecule has 24 heavy (non-hydrogen) atoms. The van der Waals surface area contributed by atoms with Crippen LogP contribution in [0, 0.1) is 35.0 Å². The second kappa shape index (κ2) is 6.36. The van der Waals surface area contributed by atoms with Gasteiger partial charge in [-0.05, 0) is 43.4 Å². The number of ether oxygens (including phenoxy) is 1. The first kappa shape index (κ1) is 16.1. The summed E-state index contributed by atoms with van der Waals surface area (Å²) in [5.74, 6) is -2.24. The number of nitriles is 1. The first-order valence-corrected chi connectivity index (χ1v) is 7.94. The zero-order valence-electron chi connectivity index (χ0n) is 13.2. The fraction of sp³-hybridized carbons (Fsp3) is 0.389. The van der Waals surface area contributed by atoms with Gasteiger partial charge in [0.15, 0.2) is 0 Å². The van der Waals surface area contributed by atoms with Gasteiger partial charge in [-0.25, -0.2) is 0 Å². The van der Waals surface area contributed by atoms with Crippen LogP contribution in [0.2, 0.25) is 0 Å². The number of aliphatic carboxylic acids is 1. The summed E-state index contributed by atoms with van der Waals surface area (Å²) >= 11 is 0. The van der Waals surface area contributed by atoms with E-state index in [0.717, 1.165) is 0 Å². The second-order valence-electron chi connectivity index (χ2n) is 6.08. The highest BCUT2D eigenvalue weighted by Gasteiger charge is 2.51. The molecule has 4 atom stereocenters. The Kier molecular flexibility index (Phi) is 4.26. The number of allylic oxidation sites excluding steroid dienone is 2. The number of carbonyl (C=O) groups is 2. The lowest BCUT2D eigenvalue weighted by atomic mass is 9.82. The number of anilines is 1. The van der Waals surface area contributed by atoms with E-state index in [9.17, 15) is 14.7 Å². The molecule has 0 aliphatic heterocycles. The maximum Gasteiger partial charge on any atom is 0.307 e. The second-order valence-corrected chi connectivity index (χ2v) is 6.08. The van der Waals surface area contributed by atoms with Crippen molar-refractivity contribution in [1.82, 2.24) is 0 Å². The van der Waals surface area contributed by atoms with Crippen LogP contribution in [0.1, 0.15) is 18.9 Å². The number of nitrogens with zero attached hydrogens (tertiary/aromatic N) is 1. The summed E-state index contributed by atoms with van der Waals surface area (Å²) in [5.41, 5.74) is 0.799. The predicted octanol–water partition coefficient (Wildman–Crippen LogP) is 2.42. The molecule has 1 aromatic carbocycles. The summed E-state index contributed by atoms with van der Waals surface area (Å²) in [6.45, 7) is 2.24. The maximum atomic E-state index is 12.7. The van der Waals surface area contributed by atoms with Gasteiger partial charge in [-0.2, -0.15) is 5.26 Å². The Balaban J connectivity index is 1.86. The van der Waals surface area contributed by atoms with Crippen LogP contribution in [0.5, 0.6) is 5.75 Å². The van der Waals surface area contributed by atoms with Gasteiger partial charge >= 0.3 is 5.97 Å². The van der Waals surface area contributed by atoms with Gasteiger partial charge < -0.3 is 15.2 Å². The first-order chi connectivity index (χ1) is 11.5. The van der Waals surface area contributed by atoms with E-state index in [1.807, 2.05) is 25.1 Å². The number of fused-ring (bicyclic) bond motifs is 2. The van der Waals surface area contributed by atoms with Crippen LogP contribution in [-0.2, 0) is 9.59 Å². The van der Waals surface area contributed by atoms with Crippen LogP contribution in [0.15, 0.2) is 30.4 Å². The van der Waals surface area contributed by atoms with Crippen LogP contribution < -0.4 is 10.1 Å². The van der Waals surface area contributed by atoms with Crippen molar-refractivity contribution in [3.8, 4) is 11.8 Å². The van der Waals surface area contributed by atoms with Gasteiger partial charge in [0.1, 0.15) is 5.75 Å². The molecule has 124 valence electrons. The minimum Gasteiger partial charge on any atom is -0.492 e. The topological polar surface area (TPSA) is 99.4 Å². The van der Waals surface area contributed by atoms with Crippen molar-refractivity contribution in [2.75, 3.05) is 11.9 Å². The maximum absolute atomic E-state index is 12.7. The summed E-state index contributed by atoms with van der Waals surface area (Å²) in [6.07, 6.45) is 4.53. The molecule has 2 aliphatic rings. The Morgan fingerprint density at radius 1 is 1.33 bits per heavy atom. The molecule has 2 bridgehead atoms. The SMILES string of the molecule is CCOc1ccc(C#N)cc1NC(=O)[C@H]1[C@@H](C(=O)O)[C@H]2C=C[C@H]1C2. The highest BCUT2D eigenvalue weighted by molar-refractivity contribution is 5.97. The molecule has 0 aromatic heterocycles. The zero-order chi connectivity index (χ0) is 17.3. The summed E-state index contributed by atoms with van der Waals surface area (Å²) < 4.78 is 5.48. The monoisotopic (exact) mass is 326 g/mol. The zero-order valence-corrected chi connectivity index (χ0v) is 13.2. The number of carbonyl (C=O) groups excluding carboxylic acids is 1. The van der Waals surface area contributed by atoms with Crippen molar-refractivity contribution in [2.45, 2.75) is 13.3 Å². The Bertz CT molecular complexity index is 750. The van der Waals surface area contributed by atoms with Crippen molar-refractivity contribution in [3.63, 3.8) is 0 Å². The molecule has 0 spiro atoms. The molecule has 3 rings (SSSR count). The molecule has 2 aliphatic carbocycles. The molecule has 1 fully saturated rings. The molecule has 0 saturated heterocycles. The normalized spacial score (nSPS) is 26.8. The molecule has 2 N–H and O–H groups in total. The molecule has 1 aromatic rings.